The van der Waals surface area contributed by atoms with Crippen molar-refractivity contribution in [3.63, 3.8) is 0 Å². The van der Waals surface area contributed by atoms with Gasteiger partial charge >= 0.3 is 6.18 Å². The predicted molar refractivity (Wildman–Crippen MR) is 82.6 cm³/mol. The van der Waals surface area contributed by atoms with E-state index in [1.165, 1.54) is 34.4 Å². The molecule has 2 aromatic carbocycles. The molecule has 0 N–H and O–H groups in total. The largest absolute Gasteiger partial charge is 0.416 e. The molecule has 4 rings (SSSR count). The summed E-state index contributed by atoms with van der Waals surface area (Å²) in [5.41, 5.74) is 4.59. The molecular weight excluding hydrogens is 285 g/mol. The fourth-order valence-electron chi connectivity index (χ4n) is 3.62. The molecule has 2 aliphatic carbocycles. The third-order valence-corrected chi connectivity index (χ3v) is 4.70. The minimum atomic E-state index is -4.29. The van der Waals surface area contributed by atoms with Crippen molar-refractivity contribution in [3.8, 4) is 0 Å². The number of fused-ring (bicyclic) bond motifs is 4. The van der Waals surface area contributed by atoms with E-state index >= 15 is 0 Å². The van der Waals surface area contributed by atoms with Gasteiger partial charge in [-0.25, -0.2) is 0 Å². The molecule has 0 bridgehead atoms. The molecule has 112 valence electrons. The van der Waals surface area contributed by atoms with Gasteiger partial charge in [-0.1, -0.05) is 35.9 Å². The number of allylic oxidation sites excluding steroid dienone is 4. The summed E-state index contributed by atoms with van der Waals surface area (Å²) in [4.78, 5) is 0. The Morgan fingerprint density at radius 1 is 0.909 bits per heavy atom. The quantitative estimate of drug-likeness (QED) is 0.567. The Hall–Kier alpha value is -2.03. The van der Waals surface area contributed by atoms with Gasteiger partial charge in [0.1, 0.15) is 0 Å². The Bertz CT molecular complexity index is 822. The Morgan fingerprint density at radius 2 is 1.77 bits per heavy atom. The first kappa shape index (κ1) is 13.6. The summed E-state index contributed by atoms with van der Waals surface area (Å²) in [7, 11) is 0. The van der Waals surface area contributed by atoms with E-state index in [1.807, 2.05) is 12.1 Å². The number of alkyl halides is 3. The number of benzene rings is 2. The van der Waals surface area contributed by atoms with Crippen LogP contribution >= 0.6 is 0 Å². The highest BCUT2D eigenvalue weighted by atomic mass is 19.4. The summed E-state index contributed by atoms with van der Waals surface area (Å²) >= 11 is 0. The van der Waals surface area contributed by atoms with Crippen LogP contribution < -0.4 is 0 Å². The third kappa shape index (κ3) is 2.07. The molecule has 0 aliphatic heterocycles. The fourth-order valence-corrected chi connectivity index (χ4v) is 3.62. The van der Waals surface area contributed by atoms with Gasteiger partial charge in [-0.05, 0) is 65.3 Å². The van der Waals surface area contributed by atoms with Crippen molar-refractivity contribution < 1.29 is 13.2 Å². The van der Waals surface area contributed by atoms with Crippen molar-refractivity contribution in [2.75, 3.05) is 0 Å². The van der Waals surface area contributed by atoms with Crippen LogP contribution in [0.1, 0.15) is 36.0 Å². The summed E-state index contributed by atoms with van der Waals surface area (Å²) < 4.78 is 38.6. The normalized spacial score (nSPS) is 17.6. The number of hydrogen-bond acceptors (Lipinski definition) is 0. The third-order valence-electron chi connectivity index (χ3n) is 4.70. The monoisotopic (exact) mass is 300 g/mol. The highest BCUT2D eigenvalue weighted by Gasteiger charge is 2.30. The van der Waals surface area contributed by atoms with Crippen LogP contribution in [-0.4, -0.2) is 0 Å². The zero-order chi connectivity index (χ0) is 15.3. The second kappa shape index (κ2) is 4.73. The predicted octanol–water partition coefficient (Wildman–Crippen LogP) is 5.91. The van der Waals surface area contributed by atoms with Crippen LogP contribution in [0.5, 0.6) is 0 Å². The van der Waals surface area contributed by atoms with Gasteiger partial charge in [0.05, 0.1) is 5.56 Å². The molecule has 0 atom stereocenters. The summed E-state index contributed by atoms with van der Waals surface area (Å²) in [6, 6.07) is 7.90. The molecule has 3 heteroatoms. The fraction of sp³-hybridized carbons (Fsp3) is 0.263. The molecule has 22 heavy (non-hydrogen) atoms. The second-order valence-electron chi connectivity index (χ2n) is 5.98. The van der Waals surface area contributed by atoms with E-state index < -0.39 is 11.7 Å². The molecular formula is C19H15F3. The van der Waals surface area contributed by atoms with Crippen LogP contribution in [0.2, 0.25) is 0 Å². The van der Waals surface area contributed by atoms with E-state index in [2.05, 4.69) is 12.2 Å². The molecule has 0 unspecified atom stereocenters. The van der Waals surface area contributed by atoms with Crippen LogP contribution in [0, 0.1) is 0 Å². The Morgan fingerprint density at radius 3 is 2.59 bits per heavy atom. The molecule has 0 spiro atoms. The maximum atomic E-state index is 12.9. The Balaban J connectivity index is 1.91. The molecule has 0 aromatic heterocycles. The minimum Gasteiger partial charge on any atom is -0.166 e. The first-order valence-electron chi connectivity index (χ1n) is 7.56. The van der Waals surface area contributed by atoms with E-state index in [0.29, 0.717) is 5.39 Å². The van der Waals surface area contributed by atoms with Gasteiger partial charge in [0.25, 0.3) is 0 Å². The van der Waals surface area contributed by atoms with E-state index in [-0.39, 0.29) is 0 Å². The van der Waals surface area contributed by atoms with Crippen LogP contribution in [-0.2, 0) is 12.6 Å². The standard InChI is InChI=1S/C19H15F3/c20-19(21,22)14-7-10-16-13(11-14)6-9-17-15-4-2-1-3-12(15)5-8-18(16)17/h2,4,6-7,9-11H,1,3,5,8H2. The lowest BCUT2D eigenvalue weighted by Crippen LogP contribution is -2.08. The van der Waals surface area contributed by atoms with Crippen LogP contribution in [0.25, 0.3) is 16.3 Å². The number of aryl methyl sites for hydroxylation is 1. The number of halogens is 3. The van der Waals surface area contributed by atoms with Crippen LogP contribution in [0.3, 0.4) is 0 Å². The van der Waals surface area contributed by atoms with Crippen molar-refractivity contribution in [1.29, 1.82) is 0 Å². The van der Waals surface area contributed by atoms with Crippen LogP contribution in [0.4, 0.5) is 13.2 Å². The highest BCUT2D eigenvalue weighted by molar-refractivity contribution is 5.94. The average molecular weight is 300 g/mol. The molecule has 0 saturated carbocycles. The molecule has 0 saturated heterocycles. The molecule has 2 aliphatic rings. The maximum Gasteiger partial charge on any atom is 0.416 e. The van der Waals surface area contributed by atoms with Crippen molar-refractivity contribution in [3.05, 3.63) is 64.7 Å². The van der Waals surface area contributed by atoms with Gasteiger partial charge in [-0.2, -0.15) is 13.2 Å². The zero-order valence-corrected chi connectivity index (χ0v) is 12.0. The van der Waals surface area contributed by atoms with Crippen molar-refractivity contribution in [2.45, 2.75) is 31.9 Å². The average Bonchev–Trinajstić information content (AvgIpc) is 2.52. The minimum absolute atomic E-state index is 0.576. The maximum absolute atomic E-state index is 12.9. The van der Waals surface area contributed by atoms with E-state index in [9.17, 15) is 13.2 Å². The lowest BCUT2D eigenvalue weighted by molar-refractivity contribution is -0.137. The lowest BCUT2D eigenvalue weighted by atomic mass is 9.79. The molecule has 0 amide bonds. The van der Waals surface area contributed by atoms with Crippen molar-refractivity contribution in [2.24, 2.45) is 0 Å². The van der Waals surface area contributed by atoms with E-state index in [0.717, 1.165) is 31.1 Å². The molecule has 0 nitrogen and oxygen atoms in total. The smallest absolute Gasteiger partial charge is 0.166 e. The van der Waals surface area contributed by atoms with Crippen molar-refractivity contribution in [1.82, 2.24) is 0 Å². The first-order valence-corrected chi connectivity index (χ1v) is 7.56. The summed E-state index contributed by atoms with van der Waals surface area (Å²) in [5.74, 6) is 0. The van der Waals surface area contributed by atoms with E-state index in [4.69, 9.17) is 0 Å². The topological polar surface area (TPSA) is 0 Å². The van der Waals surface area contributed by atoms with Gasteiger partial charge in [0.15, 0.2) is 0 Å². The number of hydrogen-bond donors (Lipinski definition) is 0. The Kier molecular flexibility index (Phi) is 2.93. The summed E-state index contributed by atoms with van der Waals surface area (Å²) in [6.07, 6.45) is 4.22. The summed E-state index contributed by atoms with van der Waals surface area (Å²) in [6.45, 7) is 0. The molecule has 2 aromatic rings. The van der Waals surface area contributed by atoms with Gasteiger partial charge in [0.2, 0.25) is 0 Å². The molecule has 0 heterocycles. The summed E-state index contributed by atoms with van der Waals surface area (Å²) in [5, 5.41) is 1.63. The first-order chi connectivity index (χ1) is 10.5. The lowest BCUT2D eigenvalue weighted by Gasteiger charge is -2.25. The van der Waals surface area contributed by atoms with Crippen molar-refractivity contribution >= 4 is 16.3 Å². The molecule has 0 fully saturated rings. The van der Waals surface area contributed by atoms with Crippen LogP contribution in [0.15, 0.2) is 48.1 Å². The van der Waals surface area contributed by atoms with Gasteiger partial charge < -0.3 is 0 Å². The number of rotatable bonds is 0. The Labute approximate surface area is 127 Å². The highest BCUT2D eigenvalue weighted by Crippen LogP contribution is 2.40. The van der Waals surface area contributed by atoms with E-state index in [1.54, 1.807) is 6.07 Å². The zero-order valence-electron chi connectivity index (χ0n) is 12.0. The van der Waals surface area contributed by atoms with Gasteiger partial charge in [-0.15, -0.1) is 0 Å². The van der Waals surface area contributed by atoms with Gasteiger partial charge in [-0.3, -0.25) is 0 Å². The molecule has 0 radical (unpaired) electrons. The second-order valence-corrected chi connectivity index (χ2v) is 5.98. The van der Waals surface area contributed by atoms with Gasteiger partial charge in [0, 0.05) is 0 Å². The SMILES string of the molecule is FC(F)(F)c1ccc2c3c(ccc2c1)C1=C(CCC=C1)CC3.